The summed E-state index contributed by atoms with van der Waals surface area (Å²) in [6, 6.07) is 8.17. The van der Waals surface area contributed by atoms with Gasteiger partial charge < -0.3 is 15.6 Å². The lowest BCUT2D eigenvalue weighted by Gasteiger charge is -2.15. The van der Waals surface area contributed by atoms with E-state index in [4.69, 9.17) is 5.73 Å². The van der Waals surface area contributed by atoms with Crippen molar-refractivity contribution in [1.82, 2.24) is 15.0 Å². The van der Waals surface area contributed by atoms with Gasteiger partial charge in [0.25, 0.3) is 0 Å². The van der Waals surface area contributed by atoms with Gasteiger partial charge in [0.2, 0.25) is 9.84 Å². The Labute approximate surface area is 134 Å². The minimum Gasteiger partial charge on any atom is -0.384 e. The number of fused-ring (bicyclic) bond motifs is 1. The van der Waals surface area contributed by atoms with Crippen molar-refractivity contribution < 1.29 is 8.42 Å². The second-order valence-corrected chi connectivity index (χ2v) is 7.01. The van der Waals surface area contributed by atoms with Crippen LogP contribution < -0.4 is 10.6 Å². The van der Waals surface area contributed by atoms with Crippen molar-refractivity contribution in [3.05, 3.63) is 36.7 Å². The minimum atomic E-state index is -3.77. The summed E-state index contributed by atoms with van der Waals surface area (Å²) in [6.07, 6.45) is 1.35. The Morgan fingerprint density at radius 1 is 1.22 bits per heavy atom. The van der Waals surface area contributed by atoms with Gasteiger partial charge >= 0.3 is 0 Å². The molecule has 0 aliphatic rings. The van der Waals surface area contributed by atoms with Gasteiger partial charge in [0.05, 0.1) is 4.90 Å². The van der Waals surface area contributed by atoms with E-state index in [0.717, 1.165) is 0 Å². The molecule has 0 bridgehead atoms. The number of sulfone groups is 1. The van der Waals surface area contributed by atoms with Gasteiger partial charge in [-0.2, -0.15) is 0 Å². The molecule has 0 saturated carbocycles. The Morgan fingerprint density at radius 2 is 1.91 bits per heavy atom. The Kier molecular flexibility index (Phi) is 3.69. The van der Waals surface area contributed by atoms with Crippen LogP contribution in [-0.4, -0.2) is 37.0 Å². The zero-order chi connectivity index (χ0) is 16.6. The zero-order valence-corrected chi connectivity index (χ0v) is 13.6. The van der Waals surface area contributed by atoms with Crippen molar-refractivity contribution in [2.75, 3.05) is 24.2 Å². The first kappa shape index (κ1) is 15.3. The van der Waals surface area contributed by atoms with Crippen LogP contribution >= 0.6 is 0 Å². The van der Waals surface area contributed by atoms with Crippen LogP contribution in [0.5, 0.6) is 0 Å². The van der Waals surface area contributed by atoms with Crippen LogP contribution in [0.3, 0.4) is 0 Å². The smallest absolute Gasteiger partial charge is 0.212 e. The fourth-order valence-corrected chi connectivity index (χ4v) is 3.91. The van der Waals surface area contributed by atoms with Gasteiger partial charge in [0, 0.05) is 13.6 Å². The molecular weight excluding hydrogens is 314 g/mol. The molecule has 7 nitrogen and oxygen atoms in total. The average molecular weight is 331 g/mol. The summed E-state index contributed by atoms with van der Waals surface area (Å²) in [5.74, 6) is 0.675. The predicted octanol–water partition coefficient (Wildman–Crippen LogP) is 1.83. The molecule has 0 radical (unpaired) electrons. The first-order valence-electron chi connectivity index (χ1n) is 7.10. The SMILES string of the molecule is CCN(C)c1ncnc2c(S(=O)(=O)c3ccccc3)c(N)[nH]c12. The van der Waals surface area contributed by atoms with E-state index in [0.29, 0.717) is 23.4 Å². The maximum absolute atomic E-state index is 12.9. The third-order valence-corrected chi connectivity index (χ3v) is 5.55. The molecule has 3 rings (SSSR count). The van der Waals surface area contributed by atoms with E-state index in [1.165, 1.54) is 18.5 Å². The number of hydrogen-bond donors (Lipinski definition) is 2. The van der Waals surface area contributed by atoms with E-state index in [1.54, 1.807) is 18.2 Å². The number of nitrogen functional groups attached to an aromatic ring is 1. The van der Waals surface area contributed by atoms with E-state index < -0.39 is 9.84 Å². The monoisotopic (exact) mass is 331 g/mol. The van der Waals surface area contributed by atoms with Crippen molar-refractivity contribution in [3.8, 4) is 0 Å². The number of aromatic amines is 1. The second-order valence-electron chi connectivity index (χ2n) is 5.12. The Balaban J connectivity index is 2.30. The van der Waals surface area contributed by atoms with E-state index >= 15 is 0 Å². The van der Waals surface area contributed by atoms with Crippen molar-refractivity contribution in [2.45, 2.75) is 16.7 Å². The van der Waals surface area contributed by atoms with Gasteiger partial charge in [-0.1, -0.05) is 18.2 Å². The number of hydrogen-bond acceptors (Lipinski definition) is 6. The molecule has 0 unspecified atom stereocenters. The van der Waals surface area contributed by atoms with Crippen molar-refractivity contribution in [2.24, 2.45) is 0 Å². The summed E-state index contributed by atoms with van der Waals surface area (Å²) in [6.45, 7) is 2.69. The maximum Gasteiger partial charge on any atom is 0.212 e. The molecule has 120 valence electrons. The van der Waals surface area contributed by atoms with Gasteiger partial charge in [-0.15, -0.1) is 0 Å². The van der Waals surface area contributed by atoms with Gasteiger partial charge in [-0.3, -0.25) is 0 Å². The molecule has 0 fully saturated rings. The summed E-state index contributed by atoms with van der Waals surface area (Å²) in [5, 5.41) is 0. The standard InChI is InChI=1S/C15H17N5O2S/c1-3-20(2)15-12-11(17-9-18-15)13(14(16)19-12)23(21,22)10-7-5-4-6-8-10/h4-9,19H,3,16H2,1-2H3. The lowest BCUT2D eigenvalue weighted by molar-refractivity contribution is 0.597. The largest absolute Gasteiger partial charge is 0.384 e. The van der Waals surface area contributed by atoms with Gasteiger partial charge in [0.15, 0.2) is 5.82 Å². The number of nitrogens with zero attached hydrogens (tertiary/aromatic N) is 3. The molecular formula is C15H17N5O2S. The second kappa shape index (κ2) is 5.54. The average Bonchev–Trinajstić information content (AvgIpc) is 2.91. The predicted molar refractivity (Wildman–Crippen MR) is 89.1 cm³/mol. The fourth-order valence-electron chi connectivity index (χ4n) is 2.41. The fraction of sp³-hybridized carbons (Fsp3) is 0.200. The number of aromatic nitrogens is 3. The molecule has 0 saturated heterocycles. The third kappa shape index (κ3) is 2.40. The number of nitrogens with one attached hydrogen (secondary N) is 1. The summed E-state index contributed by atoms with van der Waals surface area (Å²) in [7, 11) is -1.90. The number of H-pyrrole nitrogens is 1. The van der Waals surface area contributed by atoms with Crippen molar-refractivity contribution in [1.29, 1.82) is 0 Å². The highest BCUT2D eigenvalue weighted by atomic mass is 32.2. The van der Waals surface area contributed by atoms with E-state index in [1.807, 2.05) is 18.9 Å². The highest BCUT2D eigenvalue weighted by Gasteiger charge is 2.27. The van der Waals surface area contributed by atoms with Crippen LogP contribution in [0.1, 0.15) is 6.92 Å². The van der Waals surface area contributed by atoms with Crippen LogP contribution in [0.2, 0.25) is 0 Å². The minimum absolute atomic E-state index is 0.00754. The quantitative estimate of drug-likeness (QED) is 0.755. The number of anilines is 2. The summed E-state index contributed by atoms with van der Waals surface area (Å²) < 4.78 is 25.8. The zero-order valence-electron chi connectivity index (χ0n) is 12.8. The van der Waals surface area contributed by atoms with E-state index in [2.05, 4.69) is 15.0 Å². The molecule has 2 heterocycles. The molecule has 2 aromatic heterocycles. The molecule has 8 heteroatoms. The molecule has 0 spiro atoms. The molecule has 3 aromatic rings. The molecule has 23 heavy (non-hydrogen) atoms. The molecule has 3 N–H and O–H groups in total. The maximum atomic E-state index is 12.9. The number of benzene rings is 1. The molecule has 0 aliphatic heterocycles. The van der Waals surface area contributed by atoms with Crippen LogP contribution in [0.15, 0.2) is 46.5 Å². The topological polar surface area (TPSA) is 105 Å². The molecule has 0 amide bonds. The Morgan fingerprint density at radius 3 is 2.57 bits per heavy atom. The van der Waals surface area contributed by atoms with Gasteiger partial charge in [-0.25, -0.2) is 18.4 Å². The van der Waals surface area contributed by atoms with Crippen LogP contribution in [-0.2, 0) is 9.84 Å². The van der Waals surface area contributed by atoms with E-state index in [9.17, 15) is 8.42 Å². The van der Waals surface area contributed by atoms with Gasteiger partial charge in [0.1, 0.15) is 28.1 Å². The first-order valence-corrected chi connectivity index (χ1v) is 8.58. The highest BCUT2D eigenvalue weighted by Crippen LogP contribution is 2.34. The first-order chi connectivity index (χ1) is 11.0. The summed E-state index contributed by atoms with van der Waals surface area (Å²) >= 11 is 0. The van der Waals surface area contributed by atoms with Crippen LogP contribution in [0.4, 0.5) is 11.6 Å². The Hall–Kier alpha value is -2.61. The summed E-state index contributed by atoms with van der Waals surface area (Å²) in [4.78, 5) is 13.3. The molecule has 0 aliphatic carbocycles. The number of rotatable bonds is 4. The van der Waals surface area contributed by atoms with Crippen LogP contribution in [0, 0.1) is 0 Å². The lowest BCUT2D eigenvalue weighted by Crippen LogP contribution is -2.17. The van der Waals surface area contributed by atoms with E-state index in [-0.39, 0.29) is 15.6 Å². The molecule has 0 atom stereocenters. The number of nitrogens with two attached hydrogens (primary N) is 1. The Bertz CT molecular complexity index is 951. The lowest BCUT2D eigenvalue weighted by atomic mass is 10.4. The van der Waals surface area contributed by atoms with Crippen molar-refractivity contribution in [3.63, 3.8) is 0 Å². The normalized spacial score (nSPS) is 11.7. The van der Waals surface area contributed by atoms with Gasteiger partial charge in [-0.05, 0) is 19.1 Å². The summed E-state index contributed by atoms with van der Waals surface area (Å²) in [5.41, 5.74) is 6.79. The highest BCUT2D eigenvalue weighted by molar-refractivity contribution is 7.92. The van der Waals surface area contributed by atoms with Crippen molar-refractivity contribution >= 4 is 32.5 Å². The third-order valence-electron chi connectivity index (χ3n) is 3.70. The van der Waals surface area contributed by atoms with Crippen LogP contribution in [0.25, 0.3) is 11.0 Å². The molecule has 1 aromatic carbocycles.